The number of hydrogen-bond acceptors (Lipinski definition) is 4. The molecule has 1 fully saturated rings. The van der Waals surface area contributed by atoms with E-state index >= 15 is 0 Å². The van der Waals surface area contributed by atoms with Crippen LogP contribution in [-0.2, 0) is 14.6 Å². The van der Waals surface area contributed by atoms with Crippen LogP contribution in [-0.4, -0.2) is 38.0 Å². The number of benzene rings is 1. The lowest BCUT2D eigenvalue weighted by atomic mass is 10.1. The number of sulfone groups is 1. The van der Waals surface area contributed by atoms with Gasteiger partial charge in [-0.2, -0.15) is 0 Å². The van der Waals surface area contributed by atoms with Crippen molar-refractivity contribution in [1.82, 2.24) is 5.32 Å². The number of amides is 1. The van der Waals surface area contributed by atoms with Crippen LogP contribution in [0.5, 0.6) is 5.75 Å². The summed E-state index contributed by atoms with van der Waals surface area (Å²) in [6.07, 6.45) is -0.247. The summed E-state index contributed by atoms with van der Waals surface area (Å²) in [7, 11) is -3.01. The molecule has 1 aliphatic rings. The summed E-state index contributed by atoms with van der Waals surface area (Å²) in [6.45, 7) is 5.38. The van der Waals surface area contributed by atoms with Crippen LogP contribution >= 0.6 is 11.6 Å². The third kappa shape index (κ3) is 4.14. The Labute approximate surface area is 135 Å². The molecule has 0 aliphatic carbocycles. The third-order valence-electron chi connectivity index (χ3n) is 3.67. The van der Waals surface area contributed by atoms with Crippen LogP contribution in [0, 0.1) is 13.8 Å². The molecule has 1 saturated heterocycles. The van der Waals surface area contributed by atoms with Crippen molar-refractivity contribution < 1.29 is 17.9 Å². The zero-order chi connectivity index (χ0) is 16.5. The molecule has 7 heteroatoms. The fourth-order valence-electron chi connectivity index (χ4n) is 2.46. The first-order valence-electron chi connectivity index (χ1n) is 7.12. The van der Waals surface area contributed by atoms with Gasteiger partial charge in [0.15, 0.2) is 15.9 Å². The molecule has 0 bridgehead atoms. The minimum Gasteiger partial charge on any atom is -0.481 e. The van der Waals surface area contributed by atoms with Gasteiger partial charge in [0.25, 0.3) is 5.91 Å². The van der Waals surface area contributed by atoms with Gasteiger partial charge in [0, 0.05) is 11.1 Å². The highest BCUT2D eigenvalue weighted by atomic mass is 35.5. The second-order valence-corrected chi connectivity index (χ2v) is 8.35. The van der Waals surface area contributed by atoms with Crippen molar-refractivity contribution in [2.24, 2.45) is 0 Å². The van der Waals surface area contributed by atoms with E-state index in [1.54, 1.807) is 19.1 Å². The Bertz CT molecular complexity index is 664. The van der Waals surface area contributed by atoms with Gasteiger partial charge in [-0.05, 0) is 50.5 Å². The normalized spacial score (nSPS) is 21.4. The predicted molar refractivity (Wildman–Crippen MR) is 86.2 cm³/mol. The Hall–Kier alpha value is -1.27. The molecule has 2 atom stereocenters. The topological polar surface area (TPSA) is 72.5 Å². The highest BCUT2D eigenvalue weighted by molar-refractivity contribution is 7.91. The molecule has 5 nitrogen and oxygen atoms in total. The first-order chi connectivity index (χ1) is 10.2. The van der Waals surface area contributed by atoms with Crippen LogP contribution in [0.25, 0.3) is 0 Å². The number of aryl methyl sites for hydroxylation is 2. The van der Waals surface area contributed by atoms with Crippen LogP contribution in [0.2, 0.25) is 5.02 Å². The molecule has 1 aliphatic heterocycles. The molecule has 2 rings (SSSR count). The average Bonchev–Trinajstić information content (AvgIpc) is 2.75. The van der Waals surface area contributed by atoms with Gasteiger partial charge >= 0.3 is 0 Å². The second-order valence-electron chi connectivity index (χ2n) is 5.74. The molecule has 0 unspecified atom stereocenters. The Morgan fingerprint density at radius 3 is 2.45 bits per heavy atom. The van der Waals surface area contributed by atoms with Crippen LogP contribution < -0.4 is 10.1 Å². The van der Waals surface area contributed by atoms with E-state index in [4.69, 9.17) is 16.3 Å². The van der Waals surface area contributed by atoms with Crippen molar-refractivity contribution in [3.05, 3.63) is 28.3 Å². The van der Waals surface area contributed by atoms with Gasteiger partial charge in [0.1, 0.15) is 5.75 Å². The van der Waals surface area contributed by atoms with E-state index in [0.717, 1.165) is 11.1 Å². The molecule has 1 aromatic carbocycles. The molecule has 122 valence electrons. The molecule has 1 heterocycles. The Balaban J connectivity index is 1.97. The lowest BCUT2D eigenvalue weighted by Gasteiger charge is -2.18. The minimum atomic E-state index is -3.01. The Kier molecular flexibility index (Phi) is 5.02. The van der Waals surface area contributed by atoms with Crippen molar-refractivity contribution in [3.8, 4) is 5.75 Å². The van der Waals surface area contributed by atoms with E-state index in [0.29, 0.717) is 17.2 Å². The molecule has 0 saturated carbocycles. The molecule has 0 spiro atoms. The standard InChI is InChI=1S/C15H20ClNO4S/c1-9-6-13(7-10(2)14(9)16)21-11(3)15(18)17-12-4-5-22(19,20)8-12/h6-7,11-12H,4-5,8H2,1-3H3,(H,17,18)/t11-,12+/m1/s1. The SMILES string of the molecule is Cc1cc(O[C@H](C)C(=O)N[C@H]2CCS(=O)(=O)C2)cc(C)c1Cl. The first kappa shape index (κ1) is 17.1. The summed E-state index contributed by atoms with van der Waals surface area (Å²) in [6, 6.07) is 3.23. The van der Waals surface area contributed by atoms with Crippen LogP contribution in [0.15, 0.2) is 12.1 Å². The largest absolute Gasteiger partial charge is 0.481 e. The van der Waals surface area contributed by atoms with E-state index in [9.17, 15) is 13.2 Å². The molecular formula is C15H20ClNO4S. The van der Waals surface area contributed by atoms with Gasteiger partial charge in [0.05, 0.1) is 11.5 Å². The average molecular weight is 346 g/mol. The minimum absolute atomic E-state index is 0.00458. The highest BCUT2D eigenvalue weighted by Gasteiger charge is 2.30. The van der Waals surface area contributed by atoms with E-state index in [1.165, 1.54) is 0 Å². The van der Waals surface area contributed by atoms with Gasteiger partial charge in [-0.1, -0.05) is 11.6 Å². The number of rotatable bonds is 4. The summed E-state index contributed by atoms with van der Waals surface area (Å²) in [5.41, 5.74) is 1.76. The van der Waals surface area contributed by atoms with Crippen molar-refractivity contribution >= 4 is 27.3 Å². The molecular weight excluding hydrogens is 326 g/mol. The molecule has 0 radical (unpaired) electrons. The monoisotopic (exact) mass is 345 g/mol. The van der Waals surface area contributed by atoms with Crippen molar-refractivity contribution in [2.45, 2.75) is 39.3 Å². The maximum absolute atomic E-state index is 12.1. The van der Waals surface area contributed by atoms with E-state index in [2.05, 4.69) is 5.32 Å². The zero-order valence-electron chi connectivity index (χ0n) is 12.8. The second kappa shape index (κ2) is 6.46. The molecule has 1 N–H and O–H groups in total. The summed E-state index contributed by atoms with van der Waals surface area (Å²) >= 11 is 6.10. The first-order valence-corrected chi connectivity index (χ1v) is 9.32. The number of ether oxygens (including phenoxy) is 1. The van der Waals surface area contributed by atoms with Crippen molar-refractivity contribution in [2.75, 3.05) is 11.5 Å². The lowest BCUT2D eigenvalue weighted by Crippen LogP contribution is -2.43. The maximum Gasteiger partial charge on any atom is 0.261 e. The number of nitrogens with one attached hydrogen (secondary N) is 1. The van der Waals surface area contributed by atoms with Crippen LogP contribution in [0.3, 0.4) is 0 Å². The zero-order valence-corrected chi connectivity index (χ0v) is 14.4. The maximum atomic E-state index is 12.1. The predicted octanol–water partition coefficient (Wildman–Crippen LogP) is 2.03. The lowest BCUT2D eigenvalue weighted by molar-refractivity contribution is -0.127. The van der Waals surface area contributed by atoms with Gasteiger partial charge in [-0.3, -0.25) is 4.79 Å². The van der Waals surface area contributed by atoms with Gasteiger partial charge in [0.2, 0.25) is 0 Å². The Morgan fingerprint density at radius 2 is 1.95 bits per heavy atom. The Morgan fingerprint density at radius 1 is 1.36 bits per heavy atom. The van der Waals surface area contributed by atoms with Crippen molar-refractivity contribution in [1.29, 1.82) is 0 Å². The fourth-order valence-corrected chi connectivity index (χ4v) is 4.24. The quantitative estimate of drug-likeness (QED) is 0.906. The summed E-state index contributed by atoms with van der Waals surface area (Å²) in [4.78, 5) is 12.1. The number of carbonyl (C=O) groups is 1. The van der Waals surface area contributed by atoms with Crippen molar-refractivity contribution in [3.63, 3.8) is 0 Å². The van der Waals surface area contributed by atoms with Crippen LogP contribution in [0.1, 0.15) is 24.5 Å². The highest BCUT2D eigenvalue weighted by Crippen LogP contribution is 2.26. The fraction of sp³-hybridized carbons (Fsp3) is 0.533. The summed E-state index contributed by atoms with van der Waals surface area (Å²) < 4.78 is 28.4. The van der Waals surface area contributed by atoms with Gasteiger partial charge in [-0.25, -0.2) is 8.42 Å². The molecule has 1 amide bonds. The molecule has 1 aromatic rings. The molecule has 0 aromatic heterocycles. The van der Waals surface area contributed by atoms with E-state index in [1.807, 2.05) is 13.8 Å². The summed E-state index contributed by atoms with van der Waals surface area (Å²) in [5, 5.41) is 3.41. The molecule has 22 heavy (non-hydrogen) atoms. The number of carbonyl (C=O) groups excluding carboxylic acids is 1. The smallest absolute Gasteiger partial charge is 0.261 e. The van der Waals surface area contributed by atoms with Crippen LogP contribution in [0.4, 0.5) is 0 Å². The van der Waals surface area contributed by atoms with E-state index < -0.39 is 15.9 Å². The van der Waals surface area contributed by atoms with Gasteiger partial charge < -0.3 is 10.1 Å². The van der Waals surface area contributed by atoms with E-state index in [-0.39, 0.29) is 23.5 Å². The number of halogens is 1. The van der Waals surface area contributed by atoms with Gasteiger partial charge in [-0.15, -0.1) is 0 Å². The third-order valence-corrected chi connectivity index (χ3v) is 6.03. The number of hydrogen-bond donors (Lipinski definition) is 1. The summed E-state index contributed by atoms with van der Waals surface area (Å²) in [5.74, 6) is 0.390.